The smallest absolute Gasteiger partial charge is 0.127 e. The molecule has 1 fully saturated rings. The third-order valence-corrected chi connectivity index (χ3v) is 3.96. The van der Waals surface area contributed by atoms with E-state index in [9.17, 15) is 4.39 Å². The highest BCUT2D eigenvalue weighted by Gasteiger charge is 2.19. The van der Waals surface area contributed by atoms with Gasteiger partial charge in [-0.15, -0.1) is 0 Å². The van der Waals surface area contributed by atoms with Crippen LogP contribution in [0.2, 0.25) is 0 Å². The Labute approximate surface area is 120 Å². The van der Waals surface area contributed by atoms with Gasteiger partial charge in [-0.2, -0.15) is 5.26 Å². The van der Waals surface area contributed by atoms with Crippen LogP contribution in [0.15, 0.2) is 18.2 Å². The maximum atomic E-state index is 13.8. The normalized spacial score (nSPS) is 17.1. The quantitative estimate of drug-likeness (QED) is 0.897. The number of nitriles is 1. The fourth-order valence-corrected chi connectivity index (χ4v) is 2.70. The Balaban J connectivity index is 1.88. The van der Waals surface area contributed by atoms with Crippen LogP contribution in [-0.4, -0.2) is 31.1 Å². The highest BCUT2D eigenvalue weighted by Crippen LogP contribution is 2.20. The Morgan fingerprint density at radius 3 is 2.80 bits per heavy atom. The van der Waals surface area contributed by atoms with Gasteiger partial charge in [-0.25, -0.2) is 4.39 Å². The summed E-state index contributed by atoms with van der Waals surface area (Å²) in [6, 6.07) is 6.66. The molecule has 0 bridgehead atoms. The molecule has 1 aromatic rings. The van der Waals surface area contributed by atoms with Crippen molar-refractivity contribution in [2.75, 3.05) is 26.2 Å². The Bertz CT molecular complexity index is 473. The fraction of sp³-hybridized carbons (Fsp3) is 0.562. The highest BCUT2D eigenvalue weighted by atomic mass is 19.1. The number of benzene rings is 1. The summed E-state index contributed by atoms with van der Waals surface area (Å²) in [5.41, 5.74) is 1.16. The van der Waals surface area contributed by atoms with Crippen LogP contribution in [0.3, 0.4) is 0 Å². The molecule has 0 atom stereocenters. The average molecular weight is 275 g/mol. The lowest BCUT2D eigenvalue weighted by atomic mass is 9.96. The zero-order valence-corrected chi connectivity index (χ0v) is 12.0. The van der Waals surface area contributed by atoms with E-state index >= 15 is 0 Å². The monoisotopic (exact) mass is 275 g/mol. The van der Waals surface area contributed by atoms with Crippen molar-refractivity contribution in [2.24, 2.45) is 5.92 Å². The minimum absolute atomic E-state index is 0.209. The van der Waals surface area contributed by atoms with E-state index in [0.717, 1.165) is 44.9 Å². The molecule has 0 radical (unpaired) electrons. The lowest BCUT2D eigenvalue weighted by molar-refractivity contribution is 0.174. The largest absolute Gasteiger partial charge is 0.317 e. The van der Waals surface area contributed by atoms with E-state index in [1.807, 2.05) is 0 Å². The van der Waals surface area contributed by atoms with E-state index in [-0.39, 0.29) is 5.82 Å². The van der Waals surface area contributed by atoms with Crippen molar-refractivity contribution in [1.29, 1.82) is 5.26 Å². The van der Waals surface area contributed by atoms with E-state index in [2.05, 4.69) is 23.2 Å². The number of nitrogens with zero attached hydrogens (tertiary/aromatic N) is 2. The summed E-state index contributed by atoms with van der Waals surface area (Å²) in [6.45, 7) is 6.85. The van der Waals surface area contributed by atoms with Crippen LogP contribution in [0, 0.1) is 23.1 Å². The Hall–Kier alpha value is -1.44. The van der Waals surface area contributed by atoms with E-state index < -0.39 is 0 Å². The molecule has 0 aliphatic carbocycles. The molecule has 0 spiro atoms. The fourth-order valence-electron chi connectivity index (χ4n) is 2.70. The van der Waals surface area contributed by atoms with Crippen molar-refractivity contribution in [1.82, 2.24) is 10.2 Å². The molecular weight excluding hydrogens is 253 g/mol. The van der Waals surface area contributed by atoms with Crippen molar-refractivity contribution in [3.05, 3.63) is 35.1 Å². The van der Waals surface area contributed by atoms with Crippen molar-refractivity contribution < 1.29 is 4.39 Å². The molecule has 0 saturated carbocycles. The first kappa shape index (κ1) is 15.0. The first-order chi connectivity index (χ1) is 9.72. The van der Waals surface area contributed by atoms with Gasteiger partial charge in [-0.1, -0.05) is 6.92 Å². The second-order valence-corrected chi connectivity index (χ2v) is 5.45. The molecular formula is C16H22FN3. The van der Waals surface area contributed by atoms with Gasteiger partial charge >= 0.3 is 0 Å². The van der Waals surface area contributed by atoms with E-state index in [4.69, 9.17) is 5.26 Å². The lowest BCUT2D eigenvalue weighted by Crippen LogP contribution is -2.37. The molecule has 0 unspecified atom stereocenters. The number of likely N-dealkylation sites (tertiary alicyclic amines) is 1. The number of piperidine rings is 1. The van der Waals surface area contributed by atoms with Gasteiger partial charge in [0, 0.05) is 12.1 Å². The molecule has 0 amide bonds. The first-order valence-electron chi connectivity index (χ1n) is 7.34. The van der Waals surface area contributed by atoms with Crippen LogP contribution in [0.4, 0.5) is 4.39 Å². The molecule has 1 saturated heterocycles. The summed E-state index contributed by atoms with van der Waals surface area (Å²) in [7, 11) is 0. The SMILES string of the molecule is CCNCC1CCN(Cc2cc(C#N)ccc2F)CC1. The van der Waals surface area contributed by atoms with Crippen LogP contribution in [0.1, 0.15) is 30.9 Å². The molecule has 1 N–H and O–H groups in total. The van der Waals surface area contributed by atoms with Crippen LogP contribution in [0.25, 0.3) is 0 Å². The molecule has 1 heterocycles. The third kappa shape index (κ3) is 4.03. The topological polar surface area (TPSA) is 39.1 Å². The maximum Gasteiger partial charge on any atom is 0.127 e. The number of hydrogen-bond acceptors (Lipinski definition) is 3. The molecule has 1 aromatic carbocycles. The Morgan fingerprint density at radius 1 is 1.40 bits per heavy atom. The number of hydrogen-bond donors (Lipinski definition) is 1. The van der Waals surface area contributed by atoms with Crippen molar-refractivity contribution in [2.45, 2.75) is 26.3 Å². The molecule has 4 heteroatoms. The summed E-state index contributed by atoms with van der Waals surface area (Å²) >= 11 is 0. The number of halogens is 1. The summed E-state index contributed by atoms with van der Waals surface area (Å²) in [6.07, 6.45) is 2.32. The number of rotatable bonds is 5. The Kier molecular flexibility index (Phi) is 5.51. The number of nitrogens with one attached hydrogen (secondary N) is 1. The van der Waals surface area contributed by atoms with Crippen molar-refractivity contribution in [3.63, 3.8) is 0 Å². The predicted molar refractivity (Wildman–Crippen MR) is 77.7 cm³/mol. The van der Waals surface area contributed by atoms with Gasteiger partial charge in [-0.05, 0) is 63.1 Å². The van der Waals surface area contributed by atoms with Crippen LogP contribution in [-0.2, 0) is 6.54 Å². The summed E-state index contributed by atoms with van der Waals surface area (Å²) in [5, 5.41) is 12.3. The van der Waals surface area contributed by atoms with Gasteiger partial charge in [0.05, 0.1) is 11.6 Å². The van der Waals surface area contributed by atoms with Crippen LogP contribution >= 0.6 is 0 Å². The van der Waals surface area contributed by atoms with Crippen LogP contribution < -0.4 is 5.32 Å². The van der Waals surface area contributed by atoms with E-state index in [1.54, 1.807) is 6.07 Å². The molecule has 108 valence electrons. The molecule has 1 aliphatic heterocycles. The van der Waals surface area contributed by atoms with Crippen LogP contribution in [0.5, 0.6) is 0 Å². The van der Waals surface area contributed by atoms with Gasteiger partial charge in [-0.3, -0.25) is 4.90 Å². The van der Waals surface area contributed by atoms with Gasteiger partial charge in [0.1, 0.15) is 5.82 Å². The second kappa shape index (κ2) is 7.37. The summed E-state index contributed by atoms with van der Waals surface area (Å²) < 4.78 is 13.8. The van der Waals surface area contributed by atoms with Gasteiger partial charge in [0.15, 0.2) is 0 Å². The first-order valence-corrected chi connectivity index (χ1v) is 7.34. The molecule has 3 nitrogen and oxygen atoms in total. The van der Waals surface area contributed by atoms with Gasteiger partial charge in [0.25, 0.3) is 0 Å². The third-order valence-electron chi connectivity index (χ3n) is 3.96. The molecule has 20 heavy (non-hydrogen) atoms. The minimum atomic E-state index is -0.209. The average Bonchev–Trinajstić information content (AvgIpc) is 2.49. The van der Waals surface area contributed by atoms with E-state index in [0.29, 0.717) is 17.7 Å². The zero-order chi connectivity index (χ0) is 14.4. The minimum Gasteiger partial charge on any atom is -0.317 e. The zero-order valence-electron chi connectivity index (χ0n) is 12.0. The van der Waals surface area contributed by atoms with Gasteiger partial charge < -0.3 is 5.32 Å². The summed E-state index contributed by atoms with van der Waals surface area (Å²) in [4.78, 5) is 2.28. The molecule has 2 rings (SSSR count). The predicted octanol–water partition coefficient (Wildman–Crippen LogP) is 2.52. The van der Waals surface area contributed by atoms with Crippen molar-refractivity contribution in [3.8, 4) is 6.07 Å². The van der Waals surface area contributed by atoms with Crippen molar-refractivity contribution >= 4 is 0 Å². The highest BCUT2D eigenvalue weighted by molar-refractivity contribution is 5.33. The van der Waals surface area contributed by atoms with Gasteiger partial charge in [0.2, 0.25) is 0 Å². The second-order valence-electron chi connectivity index (χ2n) is 5.45. The Morgan fingerprint density at radius 2 is 2.15 bits per heavy atom. The standard InChI is InChI=1S/C16H22FN3/c1-2-19-11-13-5-7-20(8-6-13)12-15-9-14(10-18)3-4-16(15)17/h3-4,9,13,19H,2,5-8,11-12H2,1H3. The lowest BCUT2D eigenvalue weighted by Gasteiger charge is -2.32. The maximum absolute atomic E-state index is 13.8. The molecule has 1 aliphatic rings. The molecule has 0 aromatic heterocycles. The summed E-state index contributed by atoms with van der Waals surface area (Å²) in [5.74, 6) is 0.528. The van der Waals surface area contributed by atoms with E-state index in [1.165, 1.54) is 12.1 Å².